The van der Waals surface area contributed by atoms with Crippen molar-refractivity contribution in [1.29, 1.82) is 0 Å². The number of carbonyl (C=O) groups is 2. The van der Waals surface area contributed by atoms with E-state index in [0.29, 0.717) is 19.6 Å². The van der Waals surface area contributed by atoms with Crippen molar-refractivity contribution in [2.45, 2.75) is 32.9 Å². The predicted octanol–water partition coefficient (Wildman–Crippen LogP) is 2.83. The first-order valence-corrected chi connectivity index (χ1v) is 9.33. The molecule has 1 aromatic carbocycles. The molecule has 28 heavy (non-hydrogen) atoms. The Morgan fingerprint density at radius 2 is 1.96 bits per heavy atom. The average Bonchev–Trinajstić information content (AvgIpc) is 2.83. The van der Waals surface area contributed by atoms with Gasteiger partial charge in [-0.05, 0) is 35.7 Å². The molecule has 1 saturated heterocycles. The summed E-state index contributed by atoms with van der Waals surface area (Å²) in [5.74, 6) is -0.484. The SMILES string of the molecule is CC(C)C1CN(C(=O)c2ccc(O)cn2)CCC(=O)N1Cc1ccc(F)cc1. The number of aromatic nitrogens is 1. The summed E-state index contributed by atoms with van der Waals surface area (Å²) in [6, 6.07) is 8.85. The molecule has 0 saturated carbocycles. The van der Waals surface area contributed by atoms with E-state index in [1.807, 2.05) is 13.8 Å². The van der Waals surface area contributed by atoms with E-state index in [0.717, 1.165) is 5.56 Å². The molecule has 1 aliphatic rings. The third kappa shape index (κ3) is 4.47. The standard InChI is InChI=1S/C21H24FN3O3/c1-14(2)19-13-24(21(28)18-8-7-17(26)11-23-18)10-9-20(27)25(19)12-15-3-5-16(22)6-4-15/h3-8,11,14,19,26H,9-10,12-13H2,1-2H3. The number of amides is 2. The minimum atomic E-state index is -0.315. The fourth-order valence-corrected chi connectivity index (χ4v) is 3.40. The highest BCUT2D eigenvalue weighted by atomic mass is 19.1. The summed E-state index contributed by atoms with van der Waals surface area (Å²) in [4.78, 5) is 33.1. The van der Waals surface area contributed by atoms with Crippen LogP contribution >= 0.6 is 0 Å². The summed E-state index contributed by atoms with van der Waals surface area (Å²) in [7, 11) is 0. The summed E-state index contributed by atoms with van der Waals surface area (Å²) >= 11 is 0. The number of hydrogen-bond donors (Lipinski definition) is 1. The zero-order chi connectivity index (χ0) is 20.3. The number of nitrogens with zero attached hydrogens (tertiary/aromatic N) is 3. The van der Waals surface area contributed by atoms with Crippen LogP contribution in [-0.2, 0) is 11.3 Å². The monoisotopic (exact) mass is 385 g/mol. The van der Waals surface area contributed by atoms with Crippen LogP contribution in [0.4, 0.5) is 4.39 Å². The minimum absolute atomic E-state index is 0.00637. The number of benzene rings is 1. The molecule has 2 amide bonds. The van der Waals surface area contributed by atoms with E-state index >= 15 is 0 Å². The lowest BCUT2D eigenvalue weighted by atomic mass is 10.0. The summed E-state index contributed by atoms with van der Waals surface area (Å²) in [6.45, 7) is 5.11. The first-order valence-electron chi connectivity index (χ1n) is 9.33. The first kappa shape index (κ1) is 19.8. The molecule has 0 radical (unpaired) electrons. The molecule has 1 atom stereocenters. The van der Waals surface area contributed by atoms with Crippen LogP contribution in [-0.4, -0.2) is 50.8 Å². The molecule has 6 nitrogen and oxygen atoms in total. The van der Waals surface area contributed by atoms with E-state index in [-0.39, 0.29) is 47.5 Å². The van der Waals surface area contributed by atoms with Crippen molar-refractivity contribution < 1.29 is 19.1 Å². The van der Waals surface area contributed by atoms with Crippen molar-refractivity contribution in [1.82, 2.24) is 14.8 Å². The summed E-state index contributed by atoms with van der Waals surface area (Å²) in [5, 5.41) is 9.37. The number of hydrogen-bond acceptors (Lipinski definition) is 4. The van der Waals surface area contributed by atoms with Gasteiger partial charge in [0.25, 0.3) is 5.91 Å². The van der Waals surface area contributed by atoms with Crippen molar-refractivity contribution in [2.24, 2.45) is 5.92 Å². The maximum atomic E-state index is 13.2. The van der Waals surface area contributed by atoms with E-state index in [1.54, 1.807) is 21.9 Å². The molecule has 1 unspecified atom stereocenters. The summed E-state index contributed by atoms with van der Waals surface area (Å²) in [5.41, 5.74) is 1.08. The van der Waals surface area contributed by atoms with Crippen LogP contribution in [0.15, 0.2) is 42.6 Å². The van der Waals surface area contributed by atoms with Gasteiger partial charge in [0.2, 0.25) is 5.91 Å². The lowest BCUT2D eigenvalue weighted by Gasteiger charge is -2.34. The minimum Gasteiger partial charge on any atom is -0.506 e. The Bertz CT molecular complexity index is 837. The molecule has 2 heterocycles. The van der Waals surface area contributed by atoms with Gasteiger partial charge in [0.1, 0.15) is 17.3 Å². The molecular formula is C21H24FN3O3. The van der Waals surface area contributed by atoms with E-state index in [1.165, 1.54) is 30.5 Å². The van der Waals surface area contributed by atoms with Gasteiger partial charge in [-0.1, -0.05) is 26.0 Å². The van der Waals surface area contributed by atoms with Crippen molar-refractivity contribution in [3.8, 4) is 5.75 Å². The van der Waals surface area contributed by atoms with Gasteiger partial charge in [-0.25, -0.2) is 9.37 Å². The van der Waals surface area contributed by atoms with Crippen molar-refractivity contribution in [3.63, 3.8) is 0 Å². The van der Waals surface area contributed by atoms with Gasteiger partial charge in [0.05, 0.1) is 12.2 Å². The zero-order valence-electron chi connectivity index (χ0n) is 16.0. The number of pyridine rings is 1. The van der Waals surface area contributed by atoms with Crippen LogP contribution in [0.25, 0.3) is 0 Å². The van der Waals surface area contributed by atoms with Crippen LogP contribution in [0.1, 0.15) is 36.3 Å². The quantitative estimate of drug-likeness (QED) is 0.878. The fourth-order valence-electron chi connectivity index (χ4n) is 3.40. The van der Waals surface area contributed by atoms with Crippen LogP contribution in [0.2, 0.25) is 0 Å². The Labute approximate surface area is 163 Å². The lowest BCUT2D eigenvalue weighted by Crippen LogP contribution is -2.47. The molecule has 1 N–H and O–H groups in total. The molecule has 1 aliphatic heterocycles. The molecule has 148 valence electrons. The van der Waals surface area contributed by atoms with Gasteiger partial charge in [-0.15, -0.1) is 0 Å². The normalized spacial score (nSPS) is 17.7. The molecule has 0 bridgehead atoms. The topological polar surface area (TPSA) is 73.7 Å². The van der Waals surface area contributed by atoms with Crippen molar-refractivity contribution in [2.75, 3.05) is 13.1 Å². The van der Waals surface area contributed by atoms with Gasteiger partial charge < -0.3 is 14.9 Å². The third-order valence-electron chi connectivity index (χ3n) is 5.01. The van der Waals surface area contributed by atoms with E-state index in [4.69, 9.17) is 0 Å². The maximum Gasteiger partial charge on any atom is 0.272 e. The Morgan fingerprint density at radius 1 is 1.25 bits per heavy atom. The van der Waals surface area contributed by atoms with Crippen LogP contribution < -0.4 is 0 Å². The second-order valence-electron chi connectivity index (χ2n) is 7.36. The van der Waals surface area contributed by atoms with Crippen LogP contribution in [0.3, 0.4) is 0 Å². The molecule has 1 fully saturated rings. The summed E-state index contributed by atoms with van der Waals surface area (Å²) < 4.78 is 13.2. The smallest absolute Gasteiger partial charge is 0.272 e. The number of halogens is 1. The Balaban J connectivity index is 1.82. The highest BCUT2D eigenvalue weighted by Gasteiger charge is 2.34. The third-order valence-corrected chi connectivity index (χ3v) is 5.01. The molecule has 3 rings (SSSR count). The molecule has 0 aliphatic carbocycles. The van der Waals surface area contributed by atoms with Gasteiger partial charge >= 0.3 is 0 Å². The maximum absolute atomic E-state index is 13.2. The zero-order valence-corrected chi connectivity index (χ0v) is 16.0. The number of carbonyl (C=O) groups excluding carboxylic acids is 2. The lowest BCUT2D eigenvalue weighted by molar-refractivity contribution is -0.134. The van der Waals surface area contributed by atoms with Crippen LogP contribution in [0, 0.1) is 11.7 Å². The van der Waals surface area contributed by atoms with E-state index in [2.05, 4.69) is 4.98 Å². The molecule has 7 heteroatoms. The molecule has 0 spiro atoms. The van der Waals surface area contributed by atoms with Crippen LogP contribution in [0.5, 0.6) is 5.75 Å². The van der Waals surface area contributed by atoms with E-state index in [9.17, 15) is 19.1 Å². The molecular weight excluding hydrogens is 361 g/mol. The van der Waals surface area contributed by atoms with Gasteiger partial charge in [-0.3, -0.25) is 9.59 Å². The second kappa shape index (κ2) is 8.37. The van der Waals surface area contributed by atoms with Crippen molar-refractivity contribution in [3.05, 3.63) is 59.7 Å². The highest BCUT2D eigenvalue weighted by molar-refractivity contribution is 5.93. The van der Waals surface area contributed by atoms with Gasteiger partial charge in [0, 0.05) is 26.1 Å². The van der Waals surface area contributed by atoms with E-state index < -0.39 is 0 Å². The average molecular weight is 385 g/mol. The summed E-state index contributed by atoms with van der Waals surface area (Å²) in [6.07, 6.45) is 1.45. The largest absolute Gasteiger partial charge is 0.506 e. The van der Waals surface area contributed by atoms with Gasteiger partial charge in [0.15, 0.2) is 0 Å². The Kier molecular flexibility index (Phi) is 5.92. The molecule has 2 aromatic rings. The highest BCUT2D eigenvalue weighted by Crippen LogP contribution is 2.22. The fraction of sp³-hybridized carbons (Fsp3) is 0.381. The van der Waals surface area contributed by atoms with Crippen molar-refractivity contribution >= 4 is 11.8 Å². The van der Waals surface area contributed by atoms with Gasteiger partial charge in [-0.2, -0.15) is 0 Å². The molecule has 1 aromatic heterocycles. The Hall–Kier alpha value is -2.96. The number of aromatic hydroxyl groups is 1. The predicted molar refractivity (Wildman–Crippen MR) is 102 cm³/mol. The second-order valence-corrected chi connectivity index (χ2v) is 7.36. The number of rotatable bonds is 4. The Morgan fingerprint density at radius 3 is 2.57 bits per heavy atom. The first-order chi connectivity index (χ1) is 13.3.